The molecule has 0 spiro atoms. The number of aryl methyl sites for hydroxylation is 1. The van der Waals surface area contributed by atoms with Gasteiger partial charge in [0, 0.05) is 13.1 Å². The van der Waals surface area contributed by atoms with Crippen LogP contribution in [0.3, 0.4) is 0 Å². The Balaban J connectivity index is 1.66. The summed E-state index contributed by atoms with van der Waals surface area (Å²) in [5.41, 5.74) is 0.436. The number of hydrogen-bond acceptors (Lipinski definition) is 6. The number of nitrogens with zero attached hydrogens (tertiary/aromatic N) is 1. The predicted octanol–water partition coefficient (Wildman–Crippen LogP) is 1.82. The zero-order valence-corrected chi connectivity index (χ0v) is 17.6. The number of ether oxygens (including phenoxy) is 1. The fraction of sp³-hybridized carbons (Fsp3) is 0.263. The van der Waals surface area contributed by atoms with Gasteiger partial charge in [0.1, 0.15) is 0 Å². The van der Waals surface area contributed by atoms with Gasteiger partial charge in [-0.3, -0.25) is 14.3 Å². The van der Waals surface area contributed by atoms with Crippen LogP contribution in [0.5, 0.6) is 0 Å². The third-order valence-corrected chi connectivity index (χ3v) is 6.68. The van der Waals surface area contributed by atoms with Gasteiger partial charge in [-0.15, -0.1) is 0 Å². The molecule has 30 heavy (non-hydrogen) atoms. The zero-order chi connectivity index (χ0) is 21.5. The number of morpholine rings is 1. The minimum absolute atomic E-state index is 0.0222. The van der Waals surface area contributed by atoms with Gasteiger partial charge in [-0.05, 0) is 42.8 Å². The molecule has 4 rings (SSSR count). The van der Waals surface area contributed by atoms with Crippen molar-refractivity contribution in [1.29, 1.82) is 0 Å². The van der Waals surface area contributed by atoms with Gasteiger partial charge in [0.25, 0.3) is 10.0 Å². The second kappa shape index (κ2) is 7.78. The van der Waals surface area contributed by atoms with Crippen molar-refractivity contribution in [3.8, 4) is 0 Å². The standard InChI is InChI=1S/C19H19ClN4O5S/c1-11-8-14-15(22-19(26)18(25)21-14)10-17(11)30(27,28)23-12-2-3-16(13(20)9-12)24-4-6-29-7-5-24/h2-3,8-10,23H,4-7H2,1H3,(H,21,25)(H,22,26). The molecule has 1 saturated heterocycles. The van der Waals surface area contributed by atoms with Gasteiger partial charge < -0.3 is 19.6 Å². The normalized spacial score (nSPS) is 14.8. The number of rotatable bonds is 4. The molecule has 1 aromatic heterocycles. The first-order valence-electron chi connectivity index (χ1n) is 9.16. The number of aromatic amines is 2. The molecule has 3 aromatic rings. The molecule has 9 nitrogen and oxygen atoms in total. The molecular weight excluding hydrogens is 432 g/mol. The number of sulfonamides is 1. The molecule has 0 unspecified atom stereocenters. The Morgan fingerprint density at radius 3 is 2.30 bits per heavy atom. The van der Waals surface area contributed by atoms with Gasteiger partial charge in [-0.1, -0.05) is 11.6 Å². The van der Waals surface area contributed by atoms with Gasteiger partial charge in [0.05, 0.1) is 45.5 Å². The summed E-state index contributed by atoms with van der Waals surface area (Å²) in [6.45, 7) is 4.24. The molecule has 158 valence electrons. The van der Waals surface area contributed by atoms with E-state index in [0.717, 1.165) is 5.69 Å². The summed E-state index contributed by atoms with van der Waals surface area (Å²) in [6, 6.07) is 7.77. The lowest BCUT2D eigenvalue weighted by molar-refractivity contribution is 0.122. The minimum atomic E-state index is -3.97. The smallest absolute Gasteiger partial charge is 0.314 e. The van der Waals surface area contributed by atoms with Gasteiger partial charge in [0.15, 0.2) is 0 Å². The first kappa shape index (κ1) is 20.5. The number of benzene rings is 2. The molecule has 0 atom stereocenters. The van der Waals surface area contributed by atoms with Crippen molar-refractivity contribution >= 4 is 44.0 Å². The van der Waals surface area contributed by atoms with E-state index in [1.165, 1.54) is 12.1 Å². The molecule has 1 aliphatic rings. The average molecular weight is 451 g/mol. The maximum atomic E-state index is 13.0. The Kier molecular flexibility index (Phi) is 5.31. The molecule has 0 amide bonds. The Labute approximate surface area is 176 Å². The largest absolute Gasteiger partial charge is 0.378 e. The predicted molar refractivity (Wildman–Crippen MR) is 115 cm³/mol. The molecule has 3 N–H and O–H groups in total. The van der Waals surface area contributed by atoms with Crippen molar-refractivity contribution in [1.82, 2.24) is 9.97 Å². The van der Waals surface area contributed by atoms with Crippen LogP contribution in [-0.4, -0.2) is 44.7 Å². The third-order valence-electron chi connectivity index (χ3n) is 4.86. The van der Waals surface area contributed by atoms with Gasteiger partial charge in [-0.25, -0.2) is 8.42 Å². The molecule has 11 heteroatoms. The van der Waals surface area contributed by atoms with Crippen LogP contribution >= 0.6 is 11.6 Å². The Hall–Kier alpha value is -2.82. The summed E-state index contributed by atoms with van der Waals surface area (Å²) in [4.78, 5) is 29.9. The quantitative estimate of drug-likeness (QED) is 0.521. The minimum Gasteiger partial charge on any atom is -0.378 e. The summed E-state index contributed by atoms with van der Waals surface area (Å²) in [6.07, 6.45) is 0. The summed E-state index contributed by atoms with van der Waals surface area (Å²) >= 11 is 6.39. The summed E-state index contributed by atoms with van der Waals surface area (Å²) in [5, 5.41) is 0.425. The van der Waals surface area contributed by atoms with Crippen LogP contribution in [0.1, 0.15) is 5.56 Å². The van der Waals surface area contributed by atoms with Crippen molar-refractivity contribution in [3.63, 3.8) is 0 Å². The van der Waals surface area contributed by atoms with Crippen LogP contribution in [0, 0.1) is 6.92 Å². The average Bonchev–Trinajstić information content (AvgIpc) is 2.69. The number of H-pyrrole nitrogens is 2. The molecule has 0 bridgehead atoms. The molecule has 0 aliphatic carbocycles. The third kappa shape index (κ3) is 3.93. The SMILES string of the molecule is Cc1cc2[nH]c(=O)c(=O)[nH]c2cc1S(=O)(=O)Nc1ccc(N2CCOCC2)c(Cl)c1. The Morgan fingerprint density at radius 1 is 1.03 bits per heavy atom. The van der Waals surface area contributed by atoms with Crippen LogP contribution in [0.15, 0.2) is 44.8 Å². The molecule has 0 saturated carbocycles. The van der Waals surface area contributed by atoms with Crippen molar-refractivity contribution < 1.29 is 13.2 Å². The van der Waals surface area contributed by atoms with Crippen LogP contribution in [0.25, 0.3) is 11.0 Å². The van der Waals surface area contributed by atoms with E-state index in [-0.39, 0.29) is 10.4 Å². The number of anilines is 2. The maximum absolute atomic E-state index is 13.0. The van der Waals surface area contributed by atoms with Crippen molar-refractivity contribution in [2.75, 3.05) is 35.9 Å². The van der Waals surface area contributed by atoms with Gasteiger partial charge in [-0.2, -0.15) is 0 Å². The lowest BCUT2D eigenvalue weighted by Gasteiger charge is -2.29. The first-order chi connectivity index (χ1) is 14.2. The van der Waals surface area contributed by atoms with Gasteiger partial charge in [0.2, 0.25) is 0 Å². The number of aromatic nitrogens is 2. The van der Waals surface area contributed by atoms with Crippen molar-refractivity contribution in [2.45, 2.75) is 11.8 Å². The fourth-order valence-electron chi connectivity index (χ4n) is 3.38. The van der Waals surface area contributed by atoms with Crippen LogP contribution < -0.4 is 20.7 Å². The highest BCUT2D eigenvalue weighted by atomic mass is 35.5. The fourth-order valence-corrected chi connectivity index (χ4v) is 4.99. The number of fused-ring (bicyclic) bond motifs is 1. The van der Waals surface area contributed by atoms with E-state index in [9.17, 15) is 18.0 Å². The maximum Gasteiger partial charge on any atom is 0.314 e. The molecule has 2 heterocycles. The van der Waals surface area contributed by atoms with E-state index >= 15 is 0 Å². The van der Waals surface area contributed by atoms with E-state index < -0.39 is 21.1 Å². The van der Waals surface area contributed by atoms with Crippen molar-refractivity contribution in [3.05, 3.63) is 61.6 Å². The number of halogens is 1. The second-order valence-electron chi connectivity index (χ2n) is 6.94. The zero-order valence-electron chi connectivity index (χ0n) is 16.0. The molecule has 0 radical (unpaired) electrons. The topological polar surface area (TPSA) is 124 Å². The highest BCUT2D eigenvalue weighted by molar-refractivity contribution is 7.92. The number of nitrogens with one attached hydrogen (secondary N) is 3. The summed E-state index contributed by atoms with van der Waals surface area (Å²) in [7, 11) is -3.97. The monoisotopic (exact) mass is 450 g/mol. The second-order valence-corrected chi connectivity index (χ2v) is 9.00. The molecular formula is C19H19ClN4O5S. The number of hydrogen-bond donors (Lipinski definition) is 3. The molecule has 1 aliphatic heterocycles. The van der Waals surface area contributed by atoms with E-state index in [1.807, 2.05) is 0 Å². The van der Waals surface area contributed by atoms with E-state index in [0.29, 0.717) is 48.1 Å². The van der Waals surface area contributed by atoms with E-state index in [2.05, 4.69) is 19.6 Å². The van der Waals surface area contributed by atoms with E-state index in [4.69, 9.17) is 16.3 Å². The Bertz CT molecular complexity index is 1340. The van der Waals surface area contributed by atoms with Crippen molar-refractivity contribution in [2.24, 2.45) is 0 Å². The van der Waals surface area contributed by atoms with Crippen LogP contribution in [0.2, 0.25) is 5.02 Å². The lowest BCUT2D eigenvalue weighted by atomic mass is 10.2. The Morgan fingerprint density at radius 2 is 1.67 bits per heavy atom. The lowest BCUT2D eigenvalue weighted by Crippen LogP contribution is -2.36. The van der Waals surface area contributed by atoms with Crippen LogP contribution in [0.4, 0.5) is 11.4 Å². The summed E-state index contributed by atoms with van der Waals surface area (Å²) in [5.74, 6) is 0. The first-order valence-corrected chi connectivity index (χ1v) is 11.0. The highest BCUT2D eigenvalue weighted by Gasteiger charge is 2.20. The molecule has 1 fully saturated rings. The highest BCUT2D eigenvalue weighted by Crippen LogP contribution is 2.31. The van der Waals surface area contributed by atoms with E-state index in [1.54, 1.807) is 25.1 Å². The summed E-state index contributed by atoms with van der Waals surface area (Å²) < 4.78 is 33.8. The molecule has 2 aromatic carbocycles. The van der Waals surface area contributed by atoms with Gasteiger partial charge >= 0.3 is 11.1 Å². The van der Waals surface area contributed by atoms with Crippen LogP contribution in [-0.2, 0) is 14.8 Å².